The highest BCUT2D eigenvalue weighted by molar-refractivity contribution is 5.88. The van der Waals surface area contributed by atoms with E-state index in [-0.39, 0.29) is 6.04 Å². The van der Waals surface area contributed by atoms with Crippen molar-refractivity contribution in [2.45, 2.75) is 31.6 Å². The molecule has 1 aromatic heterocycles. The van der Waals surface area contributed by atoms with E-state index in [4.69, 9.17) is 9.47 Å². The largest absolute Gasteiger partial charge is 0.511 e. The molecule has 0 radical (unpaired) electrons. The predicted molar refractivity (Wildman–Crippen MR) is 83.4 cm³/mol. The zero-order valence-electron chi connectivity index (χ0n) is 13.5. The van der Waals surface area contributed by atoms with Gasteiger partial charge in [0, 0.05) is 12.8 Å². The smallest absolute Gasteiger partial charge is 0.438 e. The van der Waals surface area contributed by atoms with Crippen LogP contribution in [0.3, 0.4) is 0 Å². The summed E-state index contributed by atoms with van der Waals surface area (Å²) in [6.45, 7) is 1.96. The Morgan fingerprint density at radius 1 is 1.21 bits per heavy atom. The first-order valence-corrected chi connectivity index (χ1v) is 7.62. The van der Waals surface area contributed by atoms with Gasteiger partial charge in [0.1, 0.15) is 5.69 Å². The van der Waals surface area contributed by atoms with Gasteiger partial charge in [-0.05, 0) is 12.5 Å². The second kappa shape index (κ2) is 6.35. The Morgan fingerprint density at radius 2 is 1.92 bits per heavy atom. The first-order valence-electron chi connectivity index (χ1n) is 7.62. The fraction of sp³-hybridized carbons (Fsp3) is 0.353. The van der Waals surface area contributed by atoms with Gasteiger partial charge in [0.05, 0.1) is 25.7 Å². The van der Waals surface area contributed by atoms with Crippen LogP contribution in [0.2, 0.25) is 0 Å². The molecule has 0 unspecified atom stereocenters. The molecule has 1 heterocycles. The SMILES string of the molecule is COC(=O)OC1(OC(=O)c2cncn2[C@H](C)c2ccccc2)CC1. The average molecular weight is 330 g/mol. The quantitative estimate of drug-likeness (QED) is 0.619. The Balaban J connectivity index is 1.75. The summed E-state index contributed by atoms with van der Waals surface area (Å²) in [5, 5.41) is 0. The van der Waals surface area contributed by atoms with Gasteiger partial charge in [-0.2, -0.15) is 0 Å². The topological polar surface area (TPSA) is 79.7 Å². The summed E-state index contributed by atoms with van der Waals surface area (Å²) in [6.07, 6.45) is 3.06. The van der Waals surface area contributed by atoms with Crippen molar-refractivity contribution >= 4 is 12.1 Å². The van der Waals surface area contributed by atoms with Crippen LogP contribution in [0.4, 0.5) is 4.79 Å². The van der Waals surface area contributed by atoms with Crippen LogP contribution in [0, 0.1) is 0 Å². The van der Waals surface area contributed by atoms with Crippen LogP contribution in [0.5, 0.6) is 0 Å². The number of carbonyl (C=O) groups excluding carboxylic acids is 2. The molecule has 24 heavy (non-hydrogen) atoms. The van der Waals surface area contributed by atoms with E-state index >= 15 is 0 Å². The maximum atomic E-state index is 12.5. The van der Waals surface area contributed by atoms with Crippen LogP contribution < -0.4 is 0 Å². The number of aromatic nitrogens is 2. The molecule has 0 N–H and O–H groups in total. The van der Waals surface area contributed by atoms with Crippen molar-refractivity contribution in [2.24, 2.45) is 0 Å². The Labute approximate surface area is 139 Å². The minimum Gasteiger partial charge on any atom is -0.438 e. The van der Waals surface area contributed by atoms with Gasteiger partial charge in [-0.25, -0.2) is 14.6 Å². The molecule has 1 atom stereocenters. The van der Waals surface area contributed by atoms with E-state index in [1.807, 2.05) is 37.3 Å². The highest BCUT2D eigenvalue weighted by Crippen LogP contribution is 2.41. The third-order valence-electron chi connectivity index (χ3n) is 3.95. The van der Waals surface area contributed by atoms with E-state index in [9.17, 15) is 9.59 Å². The second-order valence-corrected chi connectivity index (χ2v) is 5.63. The van der Waals surface area contributed by atoms with Gasteiger partial charge >= 0.3 is 12.1 Å². The van der Waals surface area contributed by atoms with Crippen LogP contribution in [0.1, 0.15) is 41.9 Å². The molecule has 7 nitrogen and oxygen atoms in total. The molecule has 1 fully saturated rings. The molecule has 1 aliphatic carbocycles. The van der Waals surface area contributed by atoms with Gasteiger partial charge in [-0.1, -0.05) is 30.3 Å². The number of methoxy groups -OCH3 is 1. The zero-order valence-corrected chi connectivity index (χ0v) is 13.5. The summed E-state index contributed by atoms with van der Waals surface area (Å²) in [6, 6.07) is 9.66. The van der Waals surface area contributed by atoms with Gasteiger partial charge < -0.3 is 18.8 Å². The minimum atomic E-state index is -1.21. The molecule has 1 aliphatic rings. The lowest BCUT2D eigenvalue weighted by Gasteiger charge is -2.19. The van der Waals surface area contributed by atoms with E-state index in [2.05, 4.69) is 9.72 Å². The Kier molecular flexibility index (Phi) is 4.24. The summed E-state index contributed by atoms with van der Waals surface area (Å²) in [5.74, 6) is -1.80. The van der Waals surface area contributed by atoms with Crippen LogP contribution in [-0.4, -0.2) is 34.6 Å². The first kappa shape index (κ1) is 16.0. The number of ether oxygens (including phenoxy) is 3. The molecule has 126 valence electrons. The minimum absolute atomic E-state index is 0.0899. The molecule has 0 spiro atoms. The monoisotopic (exact) mass is 330 g/mol. The molecule has 2 aromatic rings. The molecule has 1 saturated carbocycles. The lowest BCUT2D eigenvalue weighted by atomic mass is 10.1. The average Bonchev–Trinajstić information content (AvgIpc) is 3.15. The molecule has 3 rings (SSSR count). The molecular weight excluding hydrogens is 312 g/mol. The summed E-state index contributed by atoms with van der Waals surface area (Å²) in [5.41, 5.74) is 1.34. The standard InChI is InChI=1S/C17H18N2O5/c1-12(13-6-4-3-5-7-13)19-11-18-10-14(19)15(20)23-17(8-9-17)24-16(21)22-2/h3-7,10-12H,8-9H2,1-2H3/t12-/m1/s1. The number of benzene rings is 1. The number of rotatable bonds is 5. The molecule has 0 amide bonds. The van der Waals surface area contributed by atoms with Crippen molar-refractivity contribution in [2.75, 3.05) is 7.11 Å². The van der Waals surface area contributed by atoms with Gasteiger partial charge in [0.2, 0.25) is 0 Å². The molecule has 7 heteroatoms. The van der Waals surface area contributed by atoms with Crippen LogP contribution in [0.25, 0.3) is 0 Å². The first-order chi connectivity index (χ1) is 11.5. The van der Waals surface area contributed by atoms with Crippen LogP contribution in [-0.2, 0) is 14.2 Å². The van der Waals surface area contributed by atoms with Crippen molar-refractivity contribution in [1.29, 1.82) is 0 Å². The van der Waals surface area contributed by atoms with Gasteiger partial charge in [-0.15, -0.1) is 0 Å². The molecule has 0 aliphatic heterocycles. The normalized spacial score (nSPS) is 16.1. The Bertz CT molecular complexity index is 736. The highest BCUT2D eigenvalue weighted by atomic mass is 16.8. The van der Waals surface area contributed by atoms with Gasteiger partial charge in [0.15, 0.2) is 0 Å². The van der Waals surface area contributed by atoms with E-state index in [0.717, 1.165) is 5.56 Å². The van der Waals surface area contributed by atoms with Crippen molar-refractivity contribution in [3.63, 3.8) is 0 Å². The van der Waals surface area contributed by atoms with Crippen molar-refractivity contribution < 1.29 is 23.8 Å². The summed E-state index contributed by atoms with van der Waals surface area (Å²) in [7, 11) is 1.21. The molecule has 1 aromatic carbocycles. The predicted octanol–water partition coefficient (Wildman–Crippen LogP) is 2.92. The molecule has 0 saturated heterocycles. The Hall–Kier alpha value is -2.83. The maximum Gasteiger partial charge on any atom is 0.511 e. The summed E-state index contributed by atoms with van der Waals surface area (Å²) < 4.78 is 16.6. The molecule has 0 bridgehead atoms. The van der Waals surface area contributed by atoms with Crippen molar-refractivity contribution in [3.05, 3.63) is 54.1 Å². The lowest BCUT2D eigenvalue weighted by Crippen LogP contribution is -2.27. The number of imidazole rings is 1. The number of nitrogens with zero attached hydrogens (tertiary/aromatic N) is 2. The fourth-order valence-corrected chi connectivity index (χ4v) is 2.41. The number of esters is 1. The fourth-order valence-electron chi connectivity index (χ4n) is 2.41. The number of hydrogen-bond donors (Lipinski definition) is 0. The van der Waals surface area contributed by atoms with Gasteiger partial charge in [-0.3, -0.25) is 0 Å². The lowest BCUT2D eigenvalue weighted by molar-refractivity contribution is -0.109. The third kappa shape index (κ3) is 3.24. The summed E-state index contributed by atoms with van der Waals surface area (Å²) in [4.78, 5) is 27.8. The maximum absolute atomic E-state index is 12.5. The highest BCUT2D eigenvalue weighted by Gasteiger charge is 2.52. The summed E-state index contributed by atoms with van der Waals surface area (Å²) >= 11 is 0. The van der Waals surface area contributed by atoms with Gasteiger partial charge in [0.25, 0.3) is 5.79 Å². The van der Waals surface area contributed by atoms with E-state index in [1.165, 1.54) is 13.3 Å². The van der Waals surface area contributed by atoms with Crippen molar-refractivity contribution in [3.8, 4) is 0 Å². The van der Waals surface area contributed by atoms with E-state index in [0.29, 0.717) is 18.5 Å². The van der Waals surface area contributed by atoms with E-state index in [1.54, 1.807) is 10.9 Å². The number of hydrogen-bond acceptors (Lipinski definition) is 6. The van der Waals surface area contributed by atoms with E-state index < -0.39 is 17.9 Å². The Morgan fingerprint density at radius 3 is 2.54 bits per heavy atom. The second-order valence-electron chi connectivity index (χ2n) is 5.63. The van der Waals surface area contributed by atoms with Crippen LogP contribution >= 0.6 is 0 Å². The molecular formula is C17H18N2O5. The number of carbonyl (C=O) groups is 2. The zero-order chi connectivity index (χ0) is 17.2. The third-order valence-corrected chi connectivity index (χ3v) is 3.95. The van der Waals surface area contributed by atoms with Crippen molar-refractivity contribution in [1.82, 2.24) is 9.55 Å². The van der Waals surface area contributed by atoms with Crippen LogP contribution in [0.15, 0.2) is 42.9 Å².